The number of carboxylic acid groups (broad SMARTS) is 1. The zero-order valence-electron chi connectivity index (χ0n) is 9.51. The second kappa shape index (κ2) is 5.73. The normalized spacial score (nSPS) is 9.95. The van der Waals surface area contributed by atoms with E-state index in [1.54, 1.807) is 24.3 Å². The minimum atomic E-state index is -1.02. The van der Waals surface area contributed by atoms with Crippen LogP contribution in [-0.4, -0.2) is 17.1 Å². The van der Waals surface area contributed by atoms with Gasteiger partial charge in [0.25, 0.3) is 0 Å². The van der Waals surface area contributed by atoms with Gasteiger partial charge in [0.05, 0.1) is 15.7 Å². The van der Waals surface area contributed by atoms with Crippen LogP contribution >= 0.6 is 22.9 Å². The van der Waals surface area contributed by atoms with E-state index in [0.29, 0.717) is 15.7 Å². The highest BCUT2D eigenvalue weighted by atomic mass is 35.5. The van der Waals surface area contributed by atoms with E-state index in [2.05, 4.69) is 10.6 Å². The monoisotopic (exact) mass is 296 g/mol. The molecule has 0 spiro atoms. The van der Waals surface area contributed by atoms with Crippen LogP contribution in [0.2, 0.25) is 5.02 Å². The van der Waals surface area contributed by atoms with Crippen molar-refractivity contribution in [1.29, 1.82) is 0 Å². The maximum atomic E-state index is 11.7. The fraction of sp³-hybridized carbons (Fsp3) is 0. The summed E-state index contributed by atoms with van der Waals surface area (Å²) in [5, 5.41) is 14.8. The van der Waals surface area contributed by atoms with Crippen LogP contribution in [0.4, 0.5) is 15.5 Å². The van der Waals surface area contributed by atoms with Crippen LogP contribution < -0.4 is 10.6 Å². The molecule has 1 heterocycles. The number of thiophene rings is 1. The van der Waals surface area contributed by atoms with Crippen LogP contribution in [0.3, 0.4) is 0 Å². The Bertz CT molecular complexity index is 627. The number of carbonyl (C=O) groups is 2. The molecule has 1 aromatic heterocycles. The van der Waals surface area contributed by atoms with Gasteiger partial charge in [-0.15, -0.1) is 11.3 Å². The summed E-state index contributed by atoms with van der Waals surface area (Å²) in [5.74, 6) is -1.02. The number of urea groups is 1. The average Bonchev–Trinajstić information content (AvgIpc) is 2.80. The number of nitrogens with one attached hydrogen (secondary N) is 2. The zero-order chi connectivity index (χ0) is 13.8. The Labute approximate surface area is 117 Å². The molecule has 0 atom stereocenters. The van der Waals surface area contributed by atoms with Crippen molar-refractivity contribution in [3.05, 3.63) is 46.3 Å². The molecule has 0 saturated heterocycles. The van der Waals surface area contributed by atoms with Gasteiger partial charge >= 0.3 is 12.0 Å². The SMILES string of the molecule is O=C(Nc1ccc(C(=O)O)s1)Nc1ccccc1Cl. The Hall–Kier alpha value is -2.05. The van der Waals surface area contributed by atoms with Gasteiger partial charge in [-0.25, -0.2) is 9.59 Å². The summed E-state index contributed by atoms with van der Waals surface area (Å²) < 4.78 is 0. The van der Waals surface area contributed by atoms with Gasteiger partial charge in [-0.1, -0.05) is 23.7 Å². The number of halogens is 1. The number of hydrogen-bond acceptors (Lipinski definition) is 3. The molecular weight excluding hydrogens is 288 g/mol. The minimum absolute atomic E-state index is 0.160. The number of amides is 2. The Morgan fingerprint density at radius 1 is 1.11 bits per heavy atom. The number of benzene rings is 1. The number of para-hydroxylation sites is 1. The van der Waals surface area contributed by atoms with Crippen molar-refractivity contribution in [3.8, 4) is 0 Å². The zero-order valence-corrected chi connectivity index (χ0v) is 11.1. The Balaban J connectivity index is 2.01. The molecule has 0 bridgehead atoms. The molecule has 2 aromatic rings. The first kappa shape index (κ1) is 13.4. The van der Waals surface area contributed by atoms with E-state index in [0.717, 1.165) is 11.3 Å². The van der Waals surface area contributed by atoms with E-state index in [1.807, 2.05) is 0 Å². The van der Waals surface area contributed by atoms with Crippen molar-refractivity contribution < 1.29 is 14.7 Å². The van der Waals surface area contributed by atoms with Gasteiger partial charge in [0.2, 0.25) is 0 Å². The van der Waals surface area contributed by atoms with Crippen molar-refractivity contribution >= 4 is 45.6 Å². The van der Waals surface area contributed by atoms with Gasteiger partial charge in [-0.3, -0.25) is 5.32 Å². The number of aromatic carboxylic acids is 1. The number of rotatable bonds is 3. The smallest absolute Gasteiger partial charge is 0.345 e. The maximum absolute atomic E-state index is 11.7. The van der Waals surface area contributed by atoms with E-state index in [1.165, 1.54) is 12.1 Å². The van der Waals surface area contributed by atoms with E-state index in [9.17, 15) is 9.59 Å². The lowest BCUT2D eigenvalue weighted by atomic mass is 10.3. The van der Waals surface area contributed by atoms with Crippen LogP contribution in [0.1, 0.15) is 9.67 Å². The highest BCUT2D eigenvalue weighted by molar-refractivity contribution is 7.18. The summed E-state index contributed by atoms with van der Waals surface area (Å²) in [6.45, 7) is 0. The Morgan fingerprint density at radius 3 is 2.47 bits per heavy atom. The largest absolute Gasteiger partial charge is 0.477 e. The van der Waals surface area contributed by atoms with Crippen LogP contribution in [0.15, 0.2) is 36.4 Å². The predicted octanol–water partition coefficient (Wildman–Crippen LogP) is 3.74. The van der Waals surface area contributed by atoms with E-state index >= 15 is 0 Å². The summed E-state index contributed by atoms with van der Waals surface area (Å²) in [6.07, 6.45) is 0. The molecule has 2 amide bonds. The highest BCUT2D eigenvalue weighted by Crippen LogP contribution is 2.23. The third kappa shape index (κ3) is 3.46. The predicted molar refractivity (Wildman–Crippen MR) is 75.4 cm³/mol. The molecule has 0 unspecified atom stereocenters. The summed E-state index contributed by atoms with van der Waals surface area (Å²) in [4.78, 5) is 22.6. The summed E-state index contributed by atoms with van der Waals surface area (Å²) in [7, 11) is 0. The molecule has 0 radical (unpaired) electrons. The van der Waals surface area contributed by atoms with Gasteiger partial charge in [0.1, 0.15) is 4.88 Å². The van der Waals surface area contributed by atoms with Crippen molar-refractivity contribution in [3.63, 3.8) is 0 Å². The Morgan fingerprint density at radius 2 is 1.84 bits per heavy atom. The average molecular weight is 297 g/mol. The summed E-state index contributed by atoms with van der Waals surface area (Å²) in [5.41, 5.74) is 0.483. The fourth-order valence-electron chi connectivity index (χ4n) is 1.35. The maximum Gasteiger partial charge on any atom is 0.345 e. The highest BCUT2D eigenvalue weighted by Gasteiger charge is 2.10. The molecule has 7 heteroatoms. The molecular formula is C12H9ClN2O3S. The van der Waals surface area contributed by atoms with Crippen LogP contribution in [0.25, 0.3) is 0 Å². The Kier molecular flexibility index (Phi) is 4.03. The lowest BCUT2D eigenvalue weighted by Crippen LogP contribution is -2.18. The summed E-state index contributed by atoms with van der Waals surface area (Å²) >= 11 is 6.88. The first-order valence-electron chi connectivity index (χ1n) is 5.22. The quantitative estimate of drug-likeness (QED) is 0.807. The number of anilines is 2. The van der Waals surface area contributed by atoms with E-state index < -0.39 is 12.0 Å². The van der Waals surface area contributed by atoms with Gasteiger partial charge in [-0.05, 0) is 24.3 Å². The van der Waals surface area contributed by atoms with Crippen LogP contribution in [0, 0.1) is 0 Å². The number of hydrogen-bond donors (Lipinski definition) is 3. The molecule has 0 aliphatic heterocycles. The van der Waals surface area contributed by atoms with E-state index in [4.69, 9.17) is 16.7 Å². The minimum Gasteiger partial charge on any atom is -0.477 e. The lowest BCUT2D eigenvalue weighted by Gasteiger charge is -2.07. The summed E-state index contributed by atoms with van der Waals surface area (Å²) in [6, 6.07) is 9.30. The van der Waals surface area contributed by atoms with Crippen molar-refractivity contribution in [2.24, 2.45) is 0 Å². The topological polar surface area (TPSA) is 78.4 Å². The van der Waals surface area contributed by atoms with Gasteiger partial charge in [-0.2, -0.15) is 0 Å². The molecule has 0 saturated carbocycles. The molecule has 3 N–H and O–H groups in total. The van der Waals surface area contributed by atoms with Crippen LogP contribution in [0.5, 0.6) is 0 Å². The molecule has 0 aliphatic rings. The molecule has 19 heavy (non-hydrogen) atoms. The third-order valence-corrected chi connectivity index (χ3v) is 3.49. The lowest BCUT2D eigenvalue weighted by molar-refractivity contribution is 0.0702. The first-order chi connectivity index (χ1) is 9.06. The second-order valence-corrected chi connectivity index (χ2v) is 5.02. The van der Waals surface area contributed by atoms with Crippen molar-refractivity contribution in [2.75, 3.05) is 10.6 Å². The second-order valence-electron chi connectivity index (χ2n) is 3.53. The molecule has 0 fully saturated rings. The van der Waals surface area contributed by atoms with Gasteiger partial charge in [0, 0.05) is 0 Å². The fourth-order valence-corrected chi connectivity index (χ4v) is 2.27. The molecule has 1 aromatic carbocycles. The number of carbonyl (C=O) groups excluding carboxylic acids is 1. The first-order valence-corrected chi connectivity index (χ1v) is 6.41. The van der Waals surface area contributed by atoms with Crippen molar-refractivity contribution in [1.82, 2.24) is 0 Å². The number of carboxylic acids is 1. The molecule has 0 aliphatic carbocycles. The third-order valence-electron chi connectivity index (χ3n) is 2.18. The molecule has 5 nitrogen and oxygen atoms in total. The molecule has 2 rings (SSSR count). The van der Waals surface area contributed by atoms with Gasteiger partial charge < -0.3 is 10.4 Å². The van der Waals surface area contributed by atoms with E-state index in [-0.39, 0.29) is 4.88 Å². The molecule has 98 valence electrons. The van der Waals surface area contributed by atoms with Gasteiger partial charge in [0.15, 0.2) is 0 Å². The standard InChI is InChI=1S/C12H9ClN2O3S/c13-7-3-1-2-4-8(7)14-12(18)15-10-6-5-9(19-10)11(16)17/h1-6H,(H,16,17)(H2,14,15,18). The van der Waals surface area contributed by atoms with Crippen molar-refractivity contribution in [2.45, 2.75) is 0 Å². The van der Waals surface area contributed by atoms with Crippen LogP contribution in [-0.2, 0) is 0 Å².